The van der Waals surface area contributed by atoms with Gasteiger partial charge in [0.2, 0.25) is 0 Å². The molecule has 1 aromatic carbocycles. The Bertz CT molecular complexity index is 580. The first-order chi connectivity index (χ1) is 8.58. The molecule has 94 valence electrons. The molecule has 0 saturated carbocycles. The molecule has 0 unspecified atom stereocenters. The third kappa shape index (κ3) is 2.53. The van der Waals surface area contributed by atoms with Gasteiger partial charge in [-0.2, -0.15) is 0 Å². The van der Waals surface area contributed by atoms with Crippen molar-refractivity contribution < 1.29 is 18.6 Å². The molecule has 2 rings (SSSR count). The highest BCUT2D eigenvalue weighted by Gasteiger charge is 2.10. The molecule has 1 heterocycles. The second-order valence-electron chi connectivity index (χ2n) is 3.79. The van der Waals surface area contributed by atoms with Crippen LogP contribution in [0.4, 0.5) is 4.39 Å². The zero-order valence-electron chi connectivity index (χ0n) is 9.94. The van der Waals surface area contributed by atoms with Gasteiger partial charge >= 0.3 is 0 Å². The lowest BCUT2D eigenvalue weighted by atomic mass is 10.1. The number of aromatic nitrogens is 2. The van der Waals surface area contributed by atoms with Crippen LogP contribution >= 0.6 is 0 Å². The number of carbonyl (C=O) groups excluding carboxylic acids is 1. The Hall–Kier alpha value is -2.24. The highest BCUT2D eigenvalue weighted by Crippen LogP contribution is 2.20. The number of nitrogens with zero attached hydrogens (tertiary/aromatic N) is 2. The minimum Gasteiger partial charge on any atom is -0.484 e. The number of hydrogen-bond donors (Lipinski definition) is 0. The Kier molecular flexibility index (Phi) is 3.36. The zero-order chi connectivity index (χ0) is 13.1. The van der Waals surface area contributed by atoms with Crippen LogP contribution in [0.1, 0.15) is 28.7 Å². The maximum atomic E-state index is 13.6. The van der Waals surface area contributed by atoms with Crippen molar-refractivity contribution in [1.29, 1.82) is 0 Å². The topological polar surface area (TPSA) is 65.2 Å². The number of carbonyl (C=O) groups is 1. The molecule has 0 saturated heterocycles. The van der Waals surface area contributed by atoms with Crippen LogP contribution in [0.3, 0.4) is 0 Å². The van der Waals surface area contributed by atoms with E-state index in [1.807, 2.05) is 0 Å². The lowest BCUT2D eigenvalue weighted by Gasteiger charge is -2.06. The number of aryl methyl sites for hydroxylation is 1. The van der Waals surface area contributed by atoms with E-state index in [1.165, 1.54) is 19.1 Å². The molecular weight excluding hydrogens is 239 g/mol. The van der Waals surface area contributed by atoms with Gasteiger partial charge in [0.1, 0.15) is 18.0 Å². The Morgan fingerprint density at radius 2 is 2.22 bits per heavy atom. The smallest absolute Gasteiger partial charge is 0.165 e. The summed E-state index contributed by atoms with van der Waals surface area (Å²) in [6.45, 7) is 3.15. The second kappa shape index (κ2) is 4.95. The van der Waals surface area contributed by atoms with E-state index < -0.39 is 5.82 Å². The SMILES string of the molecule is CC(=O)c1ccc(OCc2nonc2C)c(F)c1. The molecular formula is C12H11FN2O3. The summed E-state index contributed by atoms with van der Waals surface area (Å²) in [7, 11) is 0. The molecule has 0 atom stereocenters. The van der Waals surface area contributed by atoms with Gasteiger partial charge in [-0.25, -0.2) is 9.02 Å². The quantitative estimate of drug-likeness (QED) is 0.779. The Morgan fingerprint density at radius 1 is 1.44 bits per heavy atom. The largest absolute Gasteiger partial charge is 0.484 e. The van der Waals surface area contributed by atoms with Gasteiger partial charge in [0, 0.05) is 5.56 Å². The van der Waals surface area contributed by atoms with E-state index in [1.54, 1.807) is 6.92 Å². The maximum absolute atomic E-state index is 13.6. The van der Waals surface area contributed by atoms with Crippen molar-refractivity contribution in [3.63, 3.8) is 0 Å². The van der Waals surface area contributed by atoms with Gasteiger partial charge < -0.3 is 4.74 Å². The molecule has 0 aliphatic carbocycles. The molecule has 5 nitrogen and oxygen atoms in total. The first-order valence-electron chi connectivity index (χ1n) is 5.29. The van der Waals surface area contributed by atoms with Gasteiger partial charge in [0.05, 0.1) is 0 Å². The van der Waals surface area contributed by atoms with E-state index in [9.17, 15) is 9.18 Å². The van der Waals surface area contributed by atoms with Crippen molar-refractivity contribution in [2.24, 2.45) is 0 Å². The van der Waals surface area contributed by atoms with Crippen LogP contribution in [0.25, 0.3) is 0 Å². The predicted octanol–water partition coefficient (Wildman–Crippen LogP) is 2.30. The van der Waals surface area contributed by atoms with Gasteiger partial charge in [-0.05, 0) is 32.0 Å². The Balaban J connectivity index is 2.11. The summed E-state index contributed by atoms with van der Waals surface area (Å²) in [4.78, 5) is 11.1. The van der Waals surface area contributed by atoms with Crippen LogP contribution in [0, 0.1) is 12.7 Å². The highest BCUT2D eigenvalue weighted by atomic mass is 19.1. The van der Waals surface area contributed by atoms with Gasteiger partial charge in [-0.1, -0.05) is 10.3 Å². The van der Waals surface area contributed by atoms with Crippen LogP contribution < -0.4 is 4.74 Å². The molecule has 0 radical (unpaired) electrons. The van der Waals surface area contributed by atoms with E-state index in [2.05, 4.69) is 14.9 Å². The fraction of sp³-hybridized carbons (Fsp3) is 0.250. The molecule has 1 aromatic heterocycles. The average Bonchev–Trinajstić information content (AvgIpc) is 2.73. The summed E-state index contributed by atoms with van der Waals surface area (Å²) in [5.74, 6) is -0.726. The summed E-state index contributed by atoms with van der Waals surface area (Å²) in [5.41, 5.74) is 1.40. The van der Waals surface area contributed by atoms with Gasteiger partial charge in [0.15, 0.2) is 17.3 Å². The van der Waals surface area contributed by atoms with Crippen LogP contribution in [-0.4, -0.2) is 16.1 Å². The average molecular weight is 250 g/mol. The zero-order valence-corrected chi connectivity index (χ0v) is 9.94. The molecule has 0 fully saturated rings. The first kappa shape index (κ1) is 12.2. The van der Waals surface area contributed by atoms with Crippen LogP contribution in [-0.2, 0) is 6.61 Å². The molecule has 0 N–H and O–H groups in total. The second-order valence-corrected chi connectivity index (χ2v) is 3.79. The fourth-order valence-electron chi connectivity index (χ4n) is 1.36. The molecule has 0 spiro atoms. The number of halogens is 1. The van der Waals surface area contributed by atoms with Gasteiger partial charge in [-0.15, -0.1) is 0 Å². The summed E-state index contributed by atoms with van der Waals surface area (Å²) < 4.78 is 23.3. The summed E-state index contributed by atoms with van der Waals surface area (Å²) >= 11 is 0. The number of ketones is 1. The van der Waals surface area contributed by atoms with Crippen molar-refractivity contribution >= 4 is 5.78 Å². The van der Waals surface area contributed by atoms with E-state index >= 15 is 0 Å². The van der Waals surface area contributed by atoms with Crippen LogP contribution in [0.15, 0.2) is 22.8 Å². The monoisotopic (exact) mass is 250 g/mol. The number of Topliss-reactive ketones (excluding diaryl/α,β-unsaturated/α-hetero) is 1. The molecule has 6 heteroatoms. The summed E-state index contributed by atoms with van der Waals surface area (Å²) in [6.07, 6.45) is 0. The fourth-order valence-corrected chi connectivity index (χ4v) is 1.36. The summed E-state index contributed by atoms with van der Waals surface area (Å²) in [5, 5.41) is 7.20. The van der Waals surface area contributed by atoms with Crippen molar-refractivity contribution in [2.75, 3.05) is 0 Å². The summed E-state index contributed by atoms with van der Waals surface area (Å²) in [6, 6.07) is 4.06. The van der Waals surface area contributed by atoms with E-state index in [-0.39, 0.29) is 18.1 Å². The van der Waals surface area contributed by atoms with Crippen LogP contribution in [0.2, 0.25) is 0 Å². The van der Waals surface area contributed by atoms with Crippen molar-refractivity contribution in [1.82, 2.24) is 10.3 Å². The minimum absolute atomic E-state index is 0.0578. The molecule has 0 aliphatic rings. The van der Waals surface area contributed by atoms with Gasteiger partial charge in [0.25, 0.3) is 0 Å². The number of ether oxygens (including phenoxy) is 1. The van der Waals surface area contributed by atoms with Gasteiger partial charge in [-0.3, -0.25) is 4.79 Å². The predicted molar refractivity (Wildman–Crippen MR) is 59.8 cm³/mol. The van der Waals surface area contributed by atoms with Crippen LogP contribution in [0.5, 0.6) is 5.75 Å². The maximum Gasteiger partial charge on any atom is 0.165 e. The minimum atomic E-state index is -0.586. The number of benzene rings is 1. The lowest BCUT2D eigenvalue weighted by molar-refractivity contribution is 0.101. The molecule has 0 bridgehead atoms. The van der Waals surface area contributed by atoms with Crippen molar-refractivity contribution in [3.05, 3.63) is 41.0 Å². The van der Waals surface area contributed by atoms with E-state index in [0.717, 1.165) is 6.07 Å². The standard InChI is InChI=1S/C12H11FN2O3/c1-7-11(15-18-14-7)6-17-12-4-3-9(8(2)16)5-10(12)13/h3-5H,6H2,1-2H3. The Morgan fingerprint density at radius 3 is 2.78 bits per heavy atom. The molecule has 0 aliphatic heterocycles. The highest BCUT2D eigenvalue weighted by molar-refractivity contribution is 5.94. The number of rotatable bonds is 4. The third-order valence-corrected chi connectivity index (χ3v) is 2.45. The Labute approximate surface area is 103 Å². The molecule has 0 amide bonds. The van der Waals surface area contributed by atoms with E-state index in [0.29, 0.717) is 17.0 Å². The lowest BCUT2D eigenvalue weighted by Crippen LogP contribution is -2.01. The molecule has 2 aromatic rings. The number of hydrogen-bond acceptors (Lipinski definition) is 5. The van der Waals surface area contributed by atoms with Crippen molar-refractivity contribution in [3.8, 4) is 5.75 Å². The molecule has 18 heavy (non-hydrogen) atoms. The third-order valence-electron chi connectivity index (χ3n) is 2.45. The normalized spacial score (nSPS) is 10.4. The first-order valence-corrected chi connectivity index (χ1v) is 5.29. The van der Waals surface area contributed by atoms with Crippen molar-refractivity contribution in [2.45, 2.75) is 20.5 Å². The van der Waals surface area contributed by atoms with E-state index in [4.69, 9.17) is 4.74 Å².